The van der Waals surface area contributed by atoms with Crippen LogP contribution in [-0.4, -0.2) is 19.0 Å². The Labute approximate surface area is 74.3 Å². The quantitative estimate of drug-likeness (QED) is 0.610. The van der Waals surface area contributed by atoms with E-state index in [1.807, 2.05) is 6.92 Å². The lowest BCUT2D eigenvalue weighted by Gasteiger charge is -2.07. The Bertz CT molecular complexity index is 150. The molecule has 0 bridgehead atoms. The molecule has 1 aliphatic rings. The Kier molecular flexibility index (Phi) is 3.73. The monoisotopic (exact) mass is 170 g/mol. The predicted molar refractivity (Wildman–Crippen MR) is 48.1 cm³/mol. The predicted octanol–water partition coefficient (Wildman–Crippen LogP) is 2.17. The van der Waals surface area contributed by atoms with Crippen molar-refractivity contribution in [3.63, 3.8) is 0 Å². The molecule has 1 rings (SSSR count). The Morgan fingerprint density at radius 2 is 2.25 bits per heavy atom. The molecule has 1 unspecified atom stereocenters. The number of Topliss-reactive ketones (excluding diaryl/α,β-unsaturated/α-hetero) is 1. The maximum absolute atomic E-state index is 11.3. The highest BCUT2D eigenvalue weighted by Crippen LogP contribution is 2.32. The molecule has 0 N–H and O–H groups in total. The molecular weight excluding hydrogens is 152 g/mol. The number of rotatable bonds is 6. The molecule has 0 heterocycles. The Morgan fingerprint density at radius 3 is 2.75 bits per heavy atom. The number of carbonyl (C=O) groups is 1. The summed E-state index contributed by atoms with van der Waals surface area (Å²) in [5, 5.41) is 0. The van der Waals surface area contributed by atoms with E-state index in [1.54, 1.807) is 7.11 Å². The summed E-state index contributed by atoms with van der Waals surface area (Å²) in [5.41, 5.74) is 0. The van der Waals surface area contributed by atoms with Crippen molar-refractivity contribution in [2.24, 2.45) is 5.92 Å². The third kappa shape index (κ3) is 3.86. The number of ether oxygens (including phenoxy) is 1. The van der Waals surface area contributed by atoms with Crippen molar-refractivity contribution in [3.8, 4) is 0 Å². The van der Waals surface area contributed by atoms with Gasteiger partial charge in [-0.15, -0.1) is 0 Å². The van der Waals surface area contributed by atoms with E-state index in [0.717, 1.165) is 18.8 Å². The minimum absolute atomic E-state index is 0.230. The minimum atomic E-state index is 0.230. The first-order valence-corrected chi connectivity index (χ1v) is 4.77. The van der Waals surface area contributed by atoms with Gasteiger partial charge >= 0.3 is 0 Å². The first-order valence-electron chi connectivity index (χ1n) is 4.77. The lowest BCUT2D eigenvalue weighted by Crippen LogP contribution is -2.08. The summed E-state index contributed by atoms with van der Waals surface area (Å²) in [5.74, 6) is 1.15. The zero-order valence-electron chi connectivity index (χ0n) is 8.01. The summed E-state index contributed by atoms with van der Waals surface area (Å²) in [6, 6.07) is 0. The average molecular weight is 170 g/mol. The largest absolute Gasteiger partial charge is 0.382 e. The van der Waals surface area contributed by atoms with Crippen LogP contribution in [0.15, 0.2) is 0 Å². The van der Waals surface area contributed by atoms with E-state index in [1.165, 1.54) is 12.8 Å². The average Bonchev–Trinajstić information content (AvgIpc) is 2.84. The molecule has 12 heavy (non-hydrogen) atoms. The molecule has 0 amide bonds. The molecule has 1 atom stereocenters. The highest BCUT2D eigenvalue weighted by atomic mass is 16.5. The van der Waals surface area contributed by atoms with E-state index in [4.69, 9.17) is 4.74 Å². The zero-order chi connectivity index (χ0) is 8.97. The molecule has 2 heteroatoms. The molecule has 0 aliphatic heterocycles. The number of hydrogen-bond donors (Lipinski definition) is 0. The summed E-state index contributed by atoms with van der Waals surface area (Å²) in [4.78, 5) is 11.3. The zero-order valence-corrected chi connectivity index (χ0v) is 8.01. The van der Waals surface area contributed by atoms with Crippen molar-refractivity contribution in [3.05, 3.63) is 0 Å². The summed E-state index contributed by atoms with van der Waals surface area (Å²) in [6.45, 7) is 2.00. The number of carbonyl (C=O) groups excluding carboxylic acids is 1. The van der Waals surface area contributed by atoms with Gasteiger partial charge in [-0.2, -0.15) is 0 Å². The third-order valence-electron chi connectivity index (χ3n) is 2.45. The fourth-order valence-electron chi connectivity index (χ4n) is 1.23. The van der Waals surface area contributed by atoms with Gasteiger partial charge in [0.05, 0.1) is 6.10 Å². The van der Waals surface area contributed by atoms with Crippen LogP contribution in [-0.2, 0) is 9.53 Å². The number of ketones is 1. The van der Waals surface area contributed by atoms with Crippen molar-refractivity contribution in [2.75, 3.05) is 7.11 Å². The lowest BCUT2D eigenvalue weighted by atomic mass is 10.1. The van der Waals surface area contributed by atoms with E-state index in [0.29, 0.717) is 12.2 Å². The van der Waals surface area contributed by atoms with Gasteiger partial charge in [0, 0.05) is 20.0 Å². The molecule has 0 aromatic carbocycles. The highest BCUT2D eigenvalue weighted by Gasteiger charge is 2.24. The van der Waals surface area contributed by atoms with Gasteiger partial charge < -0.3 is 4.74 Å². The summed E-state index contributed by atoms with van der Waals surface area (Å²) in [6.07, 6.45) is 5.16. The second-order valence-electron chi connectivity index (χ2n) is 3.77. The molecular formula is C10H18O2. The molecule has 70 valence electrons. The van der Waals surface area contributed by atoms with E-state index < -0.39 is 0 Å². The van der Waals surface area contributed by atoms with Gasteiger partial charge in [-0.05, 0) is 32.1 Å². The topological polar surface area (TPSA) is 26.3 Å². The van der Waals surface area contributed by atoms with E-state index in [-0.39, 0.29) is 6.10 Å². The molecule has 0 spiro atoms. The Hall–Kier alpha value is -0.370. The van der Waals surface area contributed by atoms with E-state index >= 15 is 0 Å². The van der Waals surface area contributed by atoms with Gasteiger partial charge in [-0.1, -0.05) is 0 Å². The van der Waals surface area contributed by atoms with Gasteiger partial charge in [0.25, 0.3) is 0 Å². The van der Waals surface area contributed by atoms with Crippen LogP contribution in [0.3, 0.4) is 0 Å². The number of methoxy groups -OCH3 is 1. The fourth-order valence-corrected chi connectivity index (χ4v) is 1.23. The van der Waals surface area contributed by atoms with Crippen LogP contribution >= 0.6 is 0 Å². The molecule has 0 radical (unpaired) electrons. The van der Waals surface area contributed by atoms with Crippen LogP contribution in [0.5, 0.6) is 0 Å². The van der Waals surface area contributed by atoms with Gasteiger partial charge in [0.15, 0.2) is 0 Å². The van der Waals surface area contributed by atoms with Crippen LogP contribution in [0.1, 0.15) is 39.0 Å². The van der Waals surface area contributed by atoms with Crippen molar-refractivity contribution >= 4 is 5.78 Å². The van der Waals surface area contributed by atoms with Crippen molar-refractivity contribution in [1.82, 2.24) is 0 Å². The summed E-state index contributed by atoms with van der Waals surface area (Å²) in [7, 11) is 1.69. The van der Waals surface area contributed by atoms with Gasteiger partial charge in [-0.25, -0.2) is 0 Å². The van der Waals surface area contributed by atoms with Gasteiger partial charge in [0.2, 0.25) is 0 Å². The maximum Gasteiger partial charge on any atom is 0.133 e. The van der Waals surface area contributed by atoms with Gasteiger partial charge in [0.1, 0.15) is 5.78 Å². The molecule has 1 fully saturated rings. The molecule has 0 saturated heterocycles. The van der Waals surface area contributed by atoms with Crippen LogP contribution in [0.2, 0.25) is 0 Å². The maximum atomic E-state index is 11.3. The van der Waals surface area contributed by atoms with Crippen molar-refractivity contribution in [1.29, 1.82) is 0 Å². The van der Waals surface area contributed by atoms with Crippen LogP contribution in [0, 0.1) is 5.92 Å². The van der Waals surface area contributed by atoms with E-state index in [9.17, 15) is 4.79 Å². The standard InChI is InChI=1S/C10H18O2/c1-8(12-2)3-6-10(11)7-9-4-5-9/h8-9H,3-7H2,1-2H3. The Balaban J connectivity index is 2.00. The van der Waals surface area contributed by atoms with Crippen LogP contribution in [0.25, 0.3) is 0 Å². The molecule has 0 aromatic rings. The molecule has 1 aliphatic carbocycles. The second kappa shape index (κ2) is 4.61. The van der Waals surface area contributed by atoms with Crippen LogP contribution < -0.4 is 0 Å². The summed E-state index contributed by atoms with van der Waals surface area (Å²) >= 11 is 0. The first kappa shape index (κ1) is 9.72. The highest BCUT2D eigenvalue weighted by molar-refractivity contribution is 5.78. The molecule has 2 nitrogen and oxygen atoms in total. The summed E-state index contributed by atoms with van der Waals surface area (Å²) < 4.78 is 5.07. The minimum Gasteiger partial charge on any atom is -0.382 e. The fraction of sp³-hybridized carbons (Fsp3) is 0.900. The SMILES string of the molecule is COC(C)CCC(=O)CC1CC1. The van der Waals surface area contributed by atoms with E-state index in [2.05, 4.69) is 0 Å². The Morgan fingerprint density at radius 1 is 1.58 bits per heavy atom. The second-order valence-corrected chi connectivity index (χ2v) is 3.77. The normalized spacial score (nSPS) is 19.2. The molecule has 1 saturated carbocycles. The van der Waals surface area contributed by atoms with Crippen LogP contribution in [0.4, 0.5) is 0 Å². The van der Waals surface area contributed by atoms with Crippen molar-refractivity contribution < 1.29 is 9.53 Å². The third-order valence-corrected chi connectivity index (χ3v) is 2.45. The molecule has 0 aromatic heterocycles. The lowest BCUT2D eigenvalue weighted by molar-refractivity contribution is -0.120. The van der Waals surface area contributed by atoms with Gasteiger partial charge in [-0.3, -0.25) is 4.79 Å². The number of hydrogen-bond acceptors (Lipinski definition) is 2. The van der Waals surface area contributed by atoms with Crippen molar-refractivity contribution in [2.45, 2.75) is 45.1 Å². The smallest absolute Gasteiger partial charge is 0.133 e. The first-order chi connectivity index (χ1) is 5.72.